The van der Waals surface area contributed by atoms with Gasteiger partial charge in [-0.05, 0) is 0 Å². The van der Waals surface area contributed by atoms with Gasteiger partial charge < -0.3 is 9.80 Å². The van der Waals surface area contributed by atoms with E-state index in [9.17, 15) is 4.79 Å². The molecule has 1 fully saturated rings. The van der Waals surface area contributed by atoms with Gasteiger partial charge in [0.25, 0.3) is 0 Å². The molecule has 0 aromatic heterocycles. The molecule has 0 aromatic carbocycles. The van der Waals surface area contributed by atoms with Gasteiger partial charge in [-0.25, -0.2) is 4.79 Å². The second-order valence-corrected chi connectivity index (χ2v) is 4.16. The molecule has 0 atom stereocenters. The molecular formula is C12H28N2O. The Balaban J connectivity index is 0. The number of urea groups is 1. The van der Waals surface area contributed by atoms with Gasteiger partial charge in [0.05, 0.1) is 0 Å². The maximum atomic E-state index is 11.3. The van der Waals surface area contributed by atoms with Crippen molar-refractivity contribution in [2.24, 2.45) is 5.41 Å². The molecule has 0 aromatic rings. The van der Waals surface area contributed by atoms with E-state index in [4.69, 9.17) is 0 Å². The molecule has 3 nitrogen and oxygen atoms in total. The van der Waals surface area contributed by atoms with Gasteiger partial charge in [-0.1, -0.05) is 41.5 Å². The third-order valence-electron chi connectivity index (χ3n) is 1.98. The minimum absolute atomic E-state index is 0.129. The standard InChI is InChI=1S/C8H16N2O.2C2H6/c1-8(2)5-9(3)7(11)10(4)6-8;2*1-2/h5-6H2,1-4H3;2*1-2H3. The van der Waals surface area contributed by atoms with E-state index in [0.717, 1.165) is 13.1 Å². The van der Waals surface area contributed by atoms with E-state index < -0.39 is 0 Å². The molecular weight excluding hydrogens is 188 g/mol. The number of rotatable bonds is 0. The Morgan fingerprint density at radius 1 is 0.933 bits per heavy atom. The van der Waals surface area contributed by atoms with Gasteiger partial charge in [0.2, 0.25) is 0 Å². The fourth-order valence-electron chi connectivity index (χ4n) is 1.76. The molecule has 0 unspecified atom stereocenters. The average molecular weight is 216 g/mol. The zero-order valence-electron chi connectivity index (χ0n) is 11.7. The molecule has 0 radical (unpaired) electrons. The highest BCUT2D eigenvalue weighted by Gasteiger charge is 2.32. The second kappa shape index (κ2) is 7.55. The van der Waals surface area contributed by atoms with Crippen molar-refractivity contribution >= 4 is 6.03 Å². The van der Waals surface area contributed by atoms with E-state index in [0.29, 0.717) is 0 Å². The molecule has 0 bridgehead atoms. The molecule has 92 valence electrons. The van der Waals surface area contributed by atoms with E-state index in [1.165, 1.54) is 0 Å². The summed E-state index contributed by atoms with van der Waals surface area (Å²) >= 11 is 0. The summed E-state index contributed by atoms with van der Waals surface area (Å²) in [5, 5.41) is 0. The zero-order chi connectivity index (χ0) is 12.6. The first kappa shape index (κ1) is 16.7. The van der Waals surface area contributed by atoms with Gasteiger partial charge in [-0.2, -0.15) is 0 Å². The van der Waals surface area contributed by atoms with Crippen LogP contribution in [0.4, 0.5) is 4.79 Å². The van der Waals surface area contributed by atoms with Crippen LogP contribution in [0.1, 0.15) is 41.5 Å². The van der Waals surface area contributed by atoms with Gasteiger partial charge in [0.1, 0.15) is 0 Å². The summed E-state index contributed by atoms with van der Waals surface area (Å²) in [6, 6.07) is 0.129. The molecule has 0 N–H and O–H groups in total. The number of nitrogens with zero attached hydrogens (tertiary/aromatic N) is 2. The van der Waals surface area contributed by atoms with Gasteiger partial charge in [-0.3, -0.25) is 0 Å². The number of amides is 2. The van der Waals surface area contributed by atoms with Crippen LogP contribution in [0, 0.1) is 5.41 Å². The van der Waals surface area contributed by atoms with Gasteiger partial charge in [-0.15, -0.1) is 0 Å². The monoisotopic (exact) mass is 216 g/mol. The normalized spacial score (nSPS) is 18.5. The predicted octanol–water partition coefficient (Wildman–Crippen LogP) is 3.06. The first-order chi connectivity index (χ1) is 6.92. The van der Waals surface area contributed by atoms with Crippen molar-refractivity contribution in [1.29, 1.82) is 0 Å². The second-order valence-electron chi connectivity index (χ2n) is 4.16. The number of carbonyl (C=O) groups excluding carboxylic acids is 1. The van der Waals surface area contributed by atoms with Crippen LogP contribution in [0.5, 0.6) is 0 Å². The molecule has 3 heteroatoms. The van der Waals surface area contributed by atoms with Gasteiger partial charge in [0, 0.05) is 32.6 Å². The Kier molecular flexibility index (Phi) is 8.40. The largest absolute Gasteiger partial charge is 0.327 e. The van der Waals surface area contributed by atoms with Crippen LogP contribution in [0.25, 0.3) is 0 Å². The number of carbonyl (C=O) groups is 1. The van der Waals surface area contributed by atoms with Crippen LogP contribution in [-0.2, 0) is 0 Å². The minimum Gasteiger partial charge on any atom is -0.327 e. The predicted molar refractivity (Wildman–Crippen MR) is 67.1 cm³/mol. The molecule has 2 amide bonds. The van der Waals surface area contributed by atoms with E-state index in [2.05, 4.69) is 13.8 Å². The van der Waals surface area contributed by atoms with Crippen LogP contribution < -0.4 is 0 Å². The summed E-state index contributed by atoms with van der Waals surface area (Å²) < 4.78 is 0. The van der Waals surface area contributed by atoms with Gasteiger partial charge >= 0.3 is 6.03 Å². The van der Waals surface area contributed by atoms with Crippen molar-refractivity contribution in [1.82, 2.24) is 9.80 Å². The van der Waals surface area contributed by atoms with Crippen molar-refractivity contribution in [3.63, 3.8) is 0 Å². The fraction of sp³-hybridized carbons (Fsp3) is 0.917. The van der Waals surface area contributed by atoms with Crippen LogP contribution in [0.15, 0.2) is 0 Å². The molecule has 1 aliphatic heterocycles. The summed E-state index contributed by atoms with van der Waals surface area (Å²) in [4.78, 5) is 14.8. The summed E-state index contributed by atoms with van der Waals surface area (Å²) in [7, 11) is 3.69. The van der Waals surface area contributed by atoms with Crippen molar-refractivity contribution in [3.8, 4) is 0 Å². The van der Waals surface area contributed by atoms with Crippen LogP contribution in [-0.4, -0.2) is 43.0 Å². The molecule has 0 aliphatic carbocycles. The maximum absolute atomic E-state index is 11.3. The van der Waals surface area contributed by atoms with Crippen molar-refractivity contribution in [2.75, 3.05) is 27.2 Å². The average Bonchev–Trinajstić information content (AvgIpc) is 2.19. The summed E-state index contributed by atoms with van der Waals surface area (Å²) in [5.74, 6) is 0. The number of hydrogen-bond donors (Lipinski definition) is 0. The molecule has 1 aliphatic rings. The Morgan fingerprint density at radius 3 is 1.47 bits per heavy atom. The van der Waals surface area contributed by atoms with Gasteiger partial charge in [0.15, 0.2) is 0 Å². The molecule has 1 rings (SSSR count). The number of hydrogen-bond acceptors (Lipinski definition) is 1. The summed E-state index contributed by atoms with van der Waals surface area (Å²) in [6.07, 6.45) is 0. The highest BCUT2D eigenvalue weighted by molar-refractivity contribution is 5.74. The van der Waals surface area contributed by atoms with Crippen molar-refractivity contribution in [2.45, 2.75) is 41.5 Å². The molecule has 15 heavy (non-hydrogen) atoms. The van der Waals surface area contributed by atoms with Crippen molar-refractivity contribution in [3.05, 3.63) is 0 Å². The SMILES string of the molecule is CC.CC.CN1CC(C)(C)CN(C)C1=O. The van der Waals surface area contributed by atoms with E-state index in [-0.39, 0.29) is 11.4 Å². The first-order valence-corrected chi connectivity index (χ1v) is 5.89. The Hall–Kier alpha value is -0.730. The lowest BCUT2D eigenvalue weighted by atomic mass is 9.91. The van der Waals surface area contributed by atoms with Crippen LogP contribution in [0.2, 0.25) is 0 Å². The van der Waals surface area contributed by atoms with Crippen LogP contribution >= 0.6 is 0 Å². The highest BCUT2D eigenvalue weighted by Crippen LogP contribution is 2.22. The van der Waals surface area contributed by atoms with E-state index in [1.54, 1.807) is 9.80 Å². The molecule has 0 spiro atoms. The third kappa shape index (κ3) is 5.65. The molecule has 1 saturated heterocycles. The lowest BCUT2D eigenvalue weighted by molar-refractivity contribution is 0.0942. The fourth-order valence-corrected chi connectivity index (χ4v) is 1.76. The van der Waals surface area contributed by atoms with E-state index >= 15 is 0 Å². The molecule has 1 heterocycles. The minimum atomic E-state index is 0.129. The van der Waals surface area contributed by atoms with E-state index in [1.807, 2.05) is 41.8 Å². The smallest absolute Gasteiger partial charge is 0.319 e. The lowest BCUT2D eigenvalue weighted by Gasteiger charge is -2.41. The lowest BCUT2D eigenvalue weighted by Crippen LogP contribution is -2.53. The third-order valence-corrected chi connectivity index (χ3v) is 1.98. The summed E-state index contributed by atoms with van der Waals surface area (Å²) in [5.41, 5.74) is 0.234. The first-order valence-electron chi connectivity index (χ1n) is 5.89. The Bertz CT molecular complexity index is 162. The molecule has 0 saturated carbocycles. The maximum Gasteiger partial charge on any atom is 0.319 e. The zero-order valence-corrected chi connectivity index (χ0v) is 11.7. The van der Waals surface area contributed by atoms with Crippen molar-refractivity contribution < 1.29 is 4.79 Å². The topological polar surface area (TPSA) is 23.6 Å². The van der Waals surface area contributed by atoms with Crippen LogP contribution in [0.3, 0.4) is 0 Å². The summed E-state index contributed by atoms with van der Waals surface area (Å²) in [6.45, 7) is 14.1. The Labute approximate surface area is 95.4 Å². The Morgan fingerprint density at radius 2 is 1.20 bits per heavy atom. The quantitative estimate of drug-likeness (QED) is 0.610. The highest BCUT2D eigenvalue weighted by atomic mass is 16.2.